The summed E-state index contributed by atoms with van der Waals surface area (Å²) in [5.41, 5.74) is 0.936. The fourth-order valence-electron chi connectivity index (χ4n) is 2.25. The molecule has 0 radical (unpaired) electrons. The van der Waals surface area contributed by atoms with E-state index in [0.29, 0.717) is 6.54 Å². The van der Waals surface area contributed by atoms with Crippen LogP contribution < -0.4 is 4.90 Å². The minimum Gasteiger partial charge on any atom is -0.391 e. The lowest BCUT2D eigenvalue weighted by Crippen LogP contribution is -2.22. The van der Waals surface area contributed by atoms with Crippen molar-refractivity contribution in [2.45, 2.75) is 12.5 Å². The van der Waals surface area contributed by atoms with E-state index in [1.54, 1.807) is 6.33 Å². The second kappa shape index (κ2) is 3.45. The number of fused-ring (bicyclic) bond motifs is 1. The average molecular weight is 218 g/mol. The van der Waals surface area contributed by atoms with E-state index in [9.17, 15) is 5.11 Å². The predicted molar refractivity (Wildman–Crippen MR) is 61.3 cm³/mol. The highest BCUT2D eigenvalue weighted by atomic mass is 16.3. The number of aryl methyl sites for hydroxylation is 1. The Morgan fingerprint density at radius 3 is 3.06 bits per heavy atom. The van der Waals surface area contributed by atoms with E-state index in [4.69, 9.17) is 0 Å². The van der Waals surface area contributed by atoms with Crippen molar-refractivity contribution in [3.8, 4) is 0 Å². The molecule has 5 nitrogen and oxygen atoms in total. The van der Waals surface area contributed by atoms with Crippen LogP contribution in [0.2, 0.25) is 0 Å². The maximum atomic E-state index is 9.55. The first-order chi connectivity index (χ1) is 7.75. The molecule has 0 amide bonds. The Labute approximate surface area is 93.3 Å². The minimum atomic E-state index is -0.228. The number of aromatic nitrogens is 3. The van der Waals surface area contributed by atoms with Crippen molar-refractivity contribution in [2.24, 2.45) is 7.05 Å². The zero-order chi connectivity index (χ0) is 11.1. The Morgan fingerprint density at radius 1 is 1.44 bits per heavy atom. The number of aliphatic hydroxyl groups is 1. The van der Waals surface area contributed by atoms with E-state index >= 15 is 0 Å². The SMILES string of the molecule is Cn1ccc2c(N3CCC(O)C3)ncnc21. The lowest BCUT2D eigenvalue weighted by molar-refractivity contribution is 0.198. The van der Waals surface area contributed by atoms with Crippen LogP contribution in [0.15, 0.2) is 18.6 Å². The molecule has 1 atom stereocenters. The van der Waals surface area contributed by atoms with Crippen molar-refractivity contribution in [1.29, 1.82) is 0 Å². The van der Waals surface area contributed by atoms with Crippen LogP contribution in [0.5, 0.6) is 0 Å². The molecule has 5 heteroatoms. The first-order valence-electron chi connectivity index (χ1n) is 5.45. The number of hydrogen-bond donors (Lipinski definition) is 1. The normalized spacial score (nSPS) is 20.9. The summed E-state index contributed by atoms with van der Waals surface area (Å²) in [6.07, 6.45) is 4.16. The summed E-state index contributed by atoms with van der Waals surface area (Å²) in [6, 6.07) is 2.02. The molecule has 0 saturated carbocycles. The summed E-state index contributed by atoms with van der Waals surface area (Å²) in [6.45, 7) is 1.53. The number of β-amino-alcohol motifs (C(OH)–C–C–N with tert-alkyl or cyclic N) is 1. The van der Waals surface area contributed by atoms with Crippen LogP contribution in [-0.4, -0.2) is 38.8 Å². The summed E-state index contributed by atoms with van der Waals surface area (Å²) < 4.78 is 1.98. The standard InChI is InChI=1S/C11H14N4O/c1-14-4-3-9-10(14)12-7-13-11(9)15-5-2-8(16)6-15/h3-4,7-8,16H,2,5-6H2,1H3. The average Bonchev–Trinajstić information content (AvgIpc) is 2.86. The number of nitrogens with zero attached hydrogens (tertiary/aromatic N) is 4. The van der Waals surface area contributed by atoms with Gasteiger partial charge in [-0.15, -0.1) is 0 Å². The number of aliphatic hydroxyl groups excluding tert-OH is 1. The van der Waals surface area contributed by atoms with Gasteiger partial charge in [0.25, 0.3) is 0 Å². The minimum absolute atomic E-state index is 0.228. The molecular formula is C11H14N4O. The number of hydrogen-bond acceptors (Lipinski definition) is 4. The summed E-state index contributed by atoms with van der Waals surface area (Å²) in [5, 5.41) is 10.6. The Kier molecular flexibility index (Phi) is 2.07. The van der Waals surface area contributed by atoms with Gasteiger partial charge in [0.05, 0.1) is 11.5 Å². The first-order valence-corrected chi connectivity index (χ1v) is 5.45. The molecule has 2 aromatic rings. The molecule has 1 N–H and O–H groups in total. The Bertz CT molecular complexity index is 522. The molecule has 3 heterocycles. The van der Waals surface area contributed by atoms with Gasteiger partial charge in [-0.1, -0.05) is 0 Å². The van der Waals surface area contributed by atoms with Crippen LogP contribution in [0.4, 0.5) is 5.82 Å². The van der Waals surface area contributed by atoms with Crippen LogP contribution in [0.25, 0.3) is 11.0 Å². The third kappa shape index (κ3) is 1.36. The lowest BCUT2D eigenvalue weighted by Gasteiger charge is -2.16. The van der Waals surface area contributed by atoms with E-state index in [-0.39, 0.29) is 6.10 Å². The van der Waals surface area contributed by atoms with E-state index in [1.807, 2.05) is 23.9 Å². The quantitative estimate of drug-likeness (QED) is 0.759. The molecule has 3 rings (SSSR count). The number of rotatable bonds is 1. The number of anilines is 1. The summed E-state index contributed by atoms with van der Waals surface area (Å²) in [5.74, 6) is 0.933. The van der Waals surface area contributed by atoms with E-state index in [0.717, 1.165) is 29.8 Å². The molecule has 1 aliphatic rings. The van der Waals surface area contributed by atoms with Gasteiger partial charge in [0, 0.05) is 26.3 Å². The monoisotopic (exact) mass is 218 g/mol. The summed E-state index contributed by atoms with van der Waals surface area (Å²) >= 11 is 0. The molecule has 2 aromatic heterocycles. The van der Waals surface area contributed by atoms with Crippen molar-refractivity contribution in [3.05, 3.63) is 18.6 Å². The second-order valence-electron chi connectivity index (χ2n) is 4.25. The van der Waals surface area contributed by atoms with Crippen LogP contribution in [-0.2, 0) is 7.05 Å². The van der Waals surface area contributed by atoms with Crippen LogP contribution in [0, 0.1) is 0 Å². The fraction of sp³-hybridized carbons (Fsp3) is 0.455. The van der Waals surface area contributed by atoms with Crippen molar-refractivity contribution in [3.63, 3.8) is 0 Å². The molecular weight excluding hydrogens is 204 g/mol. The third-order valence-electron chi connectivity index (χ3n) is 3.10. The zero-order valence-electron chi connectivity index (χ0n) is 9.17. The highest BCUT2D eigenvalue weighted by Crippen LogP contribution is 2.26. The van der Waals surface area contributed by atoms with Gasteiger partial charge in [-0.25, -0.2) is 9.97 Å². The maximum absolute atomic E-state index is 9.55. The van der Waals surface area contributed by atoms with Crippen molar-refractivity contribution >= 4 is 16.9 Å². The van der Waals surface area contributed by atoms with Gasteiger partial charge in [0.15, 0.2) is 0 Å². The largest absolute Gasteiger partial charge is 0.391 e. The van der Waals surface area contributed by atoms with Gasteiger partial charge in [0.1, 0.15) is 17.8 Å². The van der Waals surface area contributed by atoms with Gasteiger partial charge in [-0.3, -0.25) is 0 Å². The van der Waals surface area contributed by atoms with E-state index < -0.39 is 0 Å². The topological polar surface area (TPSA) is 54.2 Å². The summed E-state index contributed by atoms with van der Waals surface area (Å²) in [4.78, 5) is 10.7. The molecule has 0 aliphatic carbocycles. The Hall–Kier alpha value is -1.62. The zero-order valence-corrected chi connectivity index (χ0v) is 9.17. The Morgan fingerprint density at radius 2 is 2.31 bits per heavy atom. The summed E-state index contributed by atoms with van der Waals surface area (Å²) in [7, 11) is 1.97. The highest BCUT2D eigenvalue weighted by molar-refractivity contribution is 5.87. The Balaban J connectivity index is 2.09. The van der Waals surface area contributed by atoms with Gasteiger partial charge in [0.2, 0.25) is 0 Å². The smallest absolute Gasteiger partial charge is 0.145 e. The molecule has 84 valence electrons. The first kappa shape index (κ1) is 9.59. The van der Waals surface area contributed by atoms with E-state index in [2.05, 4.69) is 14.9 Å². The maximum Gasteiger partial charge on any atom is 0.145 e. The molecule has 1 aliphatic heterocycles. The molecule has 1 fully saturated rings. The molecule has 16 heavy (non-hydrogen) atoms. The molecule has 0 spiro atoms. The van der Waals surface area contributed by atoms with E-state index in [1.165, 1.54) is 0 Å². The molecule has 1 saturated heterocycles. The highest BCUT2D eigenvalue weighted by Gasteiger charge is 2.23. The van der Waals surface area contributed by atoms with Gasteiger partial charge >= 0.3 is 0 Å². The fourth-order valence-corrected chi connectivity index (χ4v) is 2.25. The van der Waals surface area contributed by atoms with Gasteiger partial charge in [-0.2, -0.15) is 0 Å². The molecule has 1 unspecified atom stereocenters. The predicted octanol–water partition coefficient (Wildman–Crippen LogP) is 0.539. The van der Waals surface area contributed by atoms with Gasteiger partial charge < -0.3 is 14.6 Å². The van der Waals surface area contributed by atoms with Gasteiger partial charge in [-0.05, 0) is 12.5 Å². The lowest BCUT2D eigenvalue weighted by atomic mass is 10.3. The van der Waals surface area contributed by atoms with Crippen LogP contribution >= 0.6 is 0 Å². The molecule has 0 bridgehead atoms. The van der Waals surface area contributed by atoms with Crippen molar-refractivity contribution < 1.29 is 5.11 Å². The van der Waals surface area contributed by atoms with Crippen LogP contribution in [0.3, 0.4) is 0 Å². The van der Waals surface area contributed by atoms with Crippen LogP contribution in [0.1, 0.15) is 6.42 Å². The second-order valence-corrected chi connectivity index (χ2v) is 4.25. The van der Waals surface area contributed by atoms with Crippen molar-refractivity contribution in [2.75, 3.05) is 18.0 Å². The third-order valence-corrected chi connectivity index (χ3v) is 3.10. The molecule has 0 aromatic carbocycles. The van der Waals surface area contributed by atoms with Crippen molar-refractivity contribution in [1.82, 2.24) is 14.5 Å².